The Morgan fingerprint density at radius 1 is 1.06 bits per heavy atom. The first-order chi connectivity index (χ1) is 7.77. The zero-order valence-corrected chi connectivity index (χ0v) is 8.68. The third kappa shape index (κ3) is 2.45. The van der Waals surface area contributed by atoms with Gasteiger partial charge >= 0.3 is 0 Å². The highest BCUT2D eigenvalue weighted by Crippen LogP contribution is 2.26. The van der Waals surface area contributed by atoms with E-state index in [-0.39, 0.29) is 0 Å². The Morgan fingerprint density at radius 3 is 2.50 bits per heavy atom. The summed E-state index contributed by atoms with van der Waals surface area (Å²) >= 11 is 0. The topological polar surface area (TPSA) is 0 Å². The van der Waals surface area contributed by atoms with Crippen LogP contribution >= 0.6 is 0 Å². The molecule has 2 heteroatoms. The van der Waals surface area contributed by atoms with E-state index in [2.05, 4.69) is 0 Å². The molecule has 1 aromatic rings. The van der Waals surface area contributed by atoms with E-state index in [1.807, 2.05) is 30.3 Å². The lowest BCUT2D eigenvalue weighted by molar-refractivity contribution is 0.117. The van der Waals surface area contributed by atoms with Crippen molar-refractivity contribution in [2.45, 2.75) is 6.43 Å². The van der Waals surface area contributed by atoms with Crippen molar-refractivity contribution in [1.29, 1.82) is 0 Å². The molecule has 0 fully saturated rings. The Labute approximate surface area is 93.6 Å². The molecule has 0 saturated heterocycles. The molecule has 1 atom stereocenters. The molecule has 0 heterocycles. The molecule has 2 rings (SSSR count). The minimum Gasteiger partial charge on any atom is -0.209 e. The maximum absolute atomic E-state index is 12.7. The Balaban J connectivity index is 2.29. The van der Waals surface area contributed by atoms with Crippen LogP contribution in [0.1, 0.15) is 5.56 Å². The quantitative estimate of drug-likeness (QED) is 0.701. The molecule has 0 N–H and O–H groups in total. The fraction of sp³-hybridized carbons (Fsp3) is 0.143. The van der Waals surface area contributed by atoms with Gasteiger partial charge in [0.15, 0.2) is 0 Å². The van der Waals surface area contributed by atoms with Crippen molar-refractivity contribution in [3.63, 3.8) is 0 Å². The number of benzene rings is 1. The van der Waals surface area contributed by atoms with Crippen molar-refractivity contribution in [2.75, 3.05) is 0 Å². The maximum atomic E-state index is 12.7. The summed E-state index contributed by atoms with van der Waals surface area (Å²) in [6.45, 7) is 0. The van der Waals surface area contributed by atoms with Gasteiger partial charge in [0, 0.05) is 0 Å². The van der Waals surface area contributed by atoms with E-state index in [1.54, 1.807) is 30.4 Å². The molecule has 1 unspecified atom stereocenters. The fourth-order valence-corrected chi connectivity index (χ4v) is 1.69. The summed E-state index contributed by atoms with van der Waals surface area (Å²) in [5, 5.41) is 0. The molecule has 1 aromatic carbocycles. The van der Waals surface area contributed by atoms with E-state index in [0.29, 0.717) is 5.57 Å². The molecular formula is C14H12F2. The minimum absolute atomic E-state index is 0.656. The molecule has 0 aliphatic heterocycles. The summed E-state index contributed by atoms with van der Waals surface area (Å²) in [6.07, 6.45) is 6.18. The maximum Gasteiger partial charge on any atom is 0.248 e. The van der Waals surface area contributed by atoms with Crippen LogP contribution in [0.25, 0.3) is 6.08 Å². The highest BCUT2D eigenvalue weighted by molar-refractivity contribution is 5.58. The third-order valence-corrected chi connectivity index (χ3v) is 2.51. The number of halogens is 2. The second-order valence-corrected chi connectivity index (χ2v) is 3.66. The van der Waals surface area contributed by atoms with Crippen molar-refractivity contribution in [3.8, 4) is 0 Å². The van der Waals surface area contributed by atoms with Crippen molar-refractivity contribution in [1.82, 2.24) is 0 Å². The number of alkyl halides is 2. The number of hydrogen-bond acceptors (Lipinski definition) is 0. The van der Waals surface area contributed by atoms with Crippen molar-refractivity contribution >= 4 is 6.08 Å². The Morgan fingerprint density at radius 2 is 1.81 bits per heavy atom. The Bertz CT molecular complexity index is 427. The average Bonchev–Trinajstić information content (AvgIpc) is 2.31. The number of allylic oxidation sites excluding steroid dienone is 5. The number of hydrogen-bond donors (Lipinski definition) is 0. The zero-order chi connectivity index (χ0) is 11.4. The molecule has 0 saturated carbocycles. The summed E-state index contributed by atoms with van der Waals surface area (Å²) in [6, 6.07) is 9.50. The largest absolute Gasteiger partial charge is 0.248 e. The monoisotopic (exact) mass is 218 g/mol. The predicted molar refractivity (Wildman–Crippen MR) is 62.2 cm³/mol. The van der Waals surface area contributed by atoms with Crippen LogP contribution in [-0.2, 0) is 0 Å². The summed E-state index contributed by atoms with van der Waals surface area (Å²) in [4.78, 5) is 0. The summed E-state index contributed by atoms with van der Waals surface area (Å²) in [5.74, 6) is -0.787. The first-order valence-electron chi connectivity index (χ1n) is 5.17. The molecule has 0 bridgehead atoms. The minimum atomic E-state index is -2.35. The molecule has 0 nitrogen and oxygen atoms in total. The molecule has 0 spiro atoms. The van der Waals surface area contributed by atoms with Gasteiger partial charge in [-0.25, -0.2) is 8.78 Å². The molecule has 16 heavy (non-hydrogen) atoms. The molecule has 0 amide bonds. The van der Waals surface area contributed by atoms with Gasteiger partial charge in [-0.1, -0.05) is 60.7 Å². The summed E-state index contributed by atoms with van der Waals surface area (Å²) in [5.41, 5.74) is 1.60. The van der Waals surface area contributed by atoms with E-state index in [1.165, 1.54) is 0 Å². The van der Waals surface area contributed by atoms with Gasteiger partial charge in [0.05, 0.1) is 5.92 Å². The fourth-order valence-electron chi connectivity index (χ4n) is 1.69. The lowest BCUT2D eigenvalue weighted by Gasteiger charge is -2.15. The summed E-state index contributed by atoms with van der Waals surface area (Å²) in [7, 11) is 0. The van der Waals surface area contributed by atoms with Crippen LogP contribution in [0.5, 0.6) is 0 Å². The standard InChI is InChI=1S/C14H12F2/c15-14(16)13-9-5-4-8-12(13)10-11-6-2-1-3-7-11/h1-10,13-14H. The van der Waals surface area contributed by atoms with Crippen LogP contribution in [0.2, 0.25) is 0 Å². The second-order valence-electron chi connectivity index (χ2n) is 3.66. The Hall–Kier alpha value is -1.70. The van der Waals surface area contributed by atoms with Gasteiger partial charge in [-0.05, 0) is 11.1 Å². The van der Waals surface area contributed by atoms with Gasteiger partial charge in [0.25, 0.3) is 0 Å². The van der Waals surface area contributed by atoms with Crippen LogP contribution in [0.15, 0.2) is 60.2 Å². The molecule has 0 radical (unpaired) electrons. The van der Waals surface area contributed by atoms with Gasteiger partial charge in [0.1, 0.15) is 0 Å². The van der Waals surface area contributed by atoms with Crippen molar-refractivity contribution in [2.24, 2.45) is 5.92 Å². The summed E-state index contributed by atoms with van der Waals surface area (Å²) < 4.78 is 25.5. The third-order valence-electron chi connectivity index (χ3n) is 2.51. The smallest absolute Gasteiger partial charge is 0.209 e. The van der Waals surface area contributed by atoms with E-state index in [0.717, 1.165) is 5.56 Å². The lowest BCUT2D eigenvalue weighted by Crippen LogP contribution is -2.11. The van der Waals surface area contributed by atoms with E-state index >= 15 is 0 Å². The second kappa shape index (κ2) is 4.88. The van der Waals surface area contributed by atoms with Gasteiger partial charge in [-0.2, -0.15) is 0 Å². The van der Waals surface area contributed by atoms with Crippen LogP contribution in [0, 0.1) is 5.92 Å². The Kier molecular flexibility index (Phi) is 3.30. The van der Waals surface area contributed by atoms with Crippen LogP contribution in [0.4, 0.5) is 8.78 Å². The van der Waals surface area contributed by atoms with Crippen LogP contribution < -0.4 is 0 Å². The van der Waals surface area contributed by atoms with Gasteiger partial charge in [-0.15, -0.1) is 0 Å². The first kappa shape index (κ1) is 10.8. The SMILES string of the molecule is FC(F)C1C=CC=CC1=Cc1ccccc1. The average molecular weight is 218 g/mol. The van der Waals surface area contributed by atoms with Gasteiger partial charge in [-0.3, -0.25) is 0 Å². The van der Waals surface area contributed by atoms with Crippen molar-refractivity contribution in [3.05, 3.63) is 65.8 Å². The van der Waals surface area contributed by atoms with E-state index < -0.39 is 12.3 Å². The lowest BCUT2D eigenvalue weighted by atomic mass is 9.93. The highest BCUT2D eigenvalue weighted by atomic mass is 19.3. The molecule has 0 aromatic heterocycles. The van der Waals surface area contributed by atoms with Crippen LogP contribution in [0.3, 0.4) is 0 Å². The highest BCUT2D eigenvalue weighted by Gasteiger charge is 2.21. The van der Waals surface area contributed by atoms with Gasteiger partial charge in [0.2, 0.25) is 6.43 Å². The van der Waals surface area contributed by atoms with Crippen molar-refractivity contribution < 1.29 is 8.78 Å². The van der Waals surface area contributed by atoms with Crippen LogP contribution in [-0.4, -0.2) is 6.43 Å². The first-order valence-corrected chi connectivity index (χ1v) is 5.17. The van der Waals surface area contributed by atoms with E-state index in [4.69, 9.17) is 0 Å². The molecule has 1 aliphatic carbocycles. The number of rotatable bonds is 2. The normalized spacial score (nSPS) is 21.9. The molecule has 1 aliphatic rings. The zero-order valence-electron chi connectivity index (χ0n) is 8.68. The van der Waals surface area contributed by atoms with E-state index in [9.17, 15) is 8.78 Å². The molecule has 82 valence electrons. The predicted octanol–water partition coefficient (Wildman–Crippen LogP) is 4.08. The van der Waals surface area contributed by atoms with Gasteiger partial charge < -0.3 is 0 Å². The molecular weight excluding hydrogens is 206 g/mol.